The molecule has 0 radical (unpaired) electrons. The Morgan fingerprint density at radius 1 is 0.947 bits per heavy atom. The lowest BCUT2D eigenvalue weighted by molar-refractivity contribution is 0.303. The van der Waals surface area contributed by atoms with E-state index in [0.29, 0.717) is 13.2 Å². The van der Waals surface area contributed by atoms with Gasteiger partial charge in [-0.15, -0.1) is 0 Å². The van der Waals surface area contributed by atoms with Gasteiger partial charge < -0.3 is 10.5 Å². The van der Waals surface area contributed by atoms with E-state index >= 15 is 0 Å². The average molecular weight is 255 g/mol. The van der Waals surface area contributed by atoms with E-state index in [1.54, 1.807) is 0 Å². The molecular formula is C17H21NO. The third-order valence-electron chi connectivity index (χ3n) is 3.14. The van der Waals surface area contributed by atoms with E-state index in [1.807, 2.05) is 6.07 Å². The van der Waals surface area contributed by atoms with Crippen LogP contribution in [0.2, 0.25) is 0 Å². The quantitative estimate of drug-likeness (QED) is 0.889. The van der Waals surface area contributed by atoms with Crippen molar-refractivity contribution in [1.29, 1.82) is 0 Å². The third-order valence-corrected chi connectivity index (χ3v) is 3.14. The normalized spacial score (nSPS) is 10.5. The highest BCUT2D eigenvalue weighted by Gasteiger charge is 2.04. The molecule has 0 aromatic heterocycles. The molecule has 2 rings (SSSR count). The van der Waals surface area contributed by atoms with Crippen molar-refractivity contribution in [2.75, 3.05) is 6.54 Å². The fourth-order valence-electron chi connectivity index (χ4n) is 2.05. The monoisotopic (exact) mass is 255 g/mol. The second-order valence-electron chi connectivity index (χ2n) is 4.92. The molecule has 2 N–H and O–H groups in total. The number of ether oxygens (including phenoxy) is 1. The largest absolute Gasteiger partial charge is 0.489 e. The lowest BCUT2D eigenvalue weighted by Crippen LogP contribution is -2.06. The first kappa shape index (κ1) is 13.6. The SMILES string of the molecule is Cc1ccc(COc2ccc(C)cc2CCN)cc1. The van der Waals surface area contributed by atoms with E-state index in [-0.39, 0.29) is 0 Å². The summed E-state index contributed by atoms with van der Waals surface area (Å²) in [7, 11) is 0. The molecule has 0 amide bonds. The van der Waals surface area contributed by atoms with Gasteiger partial charge >= 0.3 is 0 Å². The maximum atomic E-state index is 5.92. The zero-order valence-electron chi connectivity index (χ0n) is 11.6. The molecule has 19 heavy (non-hydrogen) atoms. The number of hydrogen-bond acceptors (Lipinski definition) is 2. The van der Waals surface area contributed by atoms with Crippen LogP contribution in [-0.4, -0.2) is 6.54 Å². The molecule has 0 saturated carbocycles. The summed E-state index contributed by atoms with van der Waals surface area (Å²) in [4.78, 5) is 0. The van der Waals surface area contributed by atoms with Crippen molar-refractivity contribution < 1.29 is 4.74 Å². The predicted octanol–water partition coefficient (Wildman–Crippen LogP) is 3.38. The van der Waals surface area contributed by atoms with Gasteiger partial charge in [-0.25, -0.2) is 0 Å². The van der Waals surface area contributed by atoms with E-state index < -0.39 is 0 Å². The Kier molecular flexibility index (Phi) is 4.58. The van der Waals surface area contributed by atoms with Gasteiger partial charge in [0.1, 0.15) is 12.4 Å². The Morgan fingerprint density at radius 2 is 1.63 bits per heavy atom. The van der Waals surface area contributed by atoms with Gasteiger partial charge in [0.05, 0.1) is 0 Å². The predicted molar refractivity (Wildman–Crippen MR) is 79.4 cm³/mol. The van der Waals surface area contributed by atoms with E-state index in [1.165, 1.54) is 22.3 Å². The molecule has 0 heterocycles. The summed E-state index contributed by atoms with van der Waals surface area (Å²) in [6.07, 6.45) is 0.852. The van der Waals surface area contributed by atoms with E-state index in [2.05, 4.69) is 50.2 Å². The van der Waals surface area contributed by atoms with Crippen molar-refractivity contribution in [2.45, 2.75) is 26.9 Å². The minimum absolute atomic E-state index is 0.598. The van der Waals surface area contributed by atoms with Gasteiger partial charge in [-0.05, 0) is 44.0 Å². The van der Waals surface area contributed by atoms with E-state index in [4.69, 9.17) is 10.5 Å². The summed E-state index contributed by atoms with van der Waals surface area (Å²) in [5.74, 6) is 0.941. The van der Waals surface area contributed by atoms with Gasteiger partial charge in [0.2, 0.25) is 0 Å². The Hall–Kier alpha value is -1.80. The number of nitrogens with two attached hydrogens (primary N) is 1. The fourth-order valence-corrected chi connectivity index (χ4v) is 2.05. The summed E-state index contributed by atoms with van der Waals surface area (Å²) in [6.45, 7) is 5.42. The molecule has 0 spiro atoms. The third kappa shape index (κ3) is 3.83. The molecule has 0 bridgehead atoms. The first-order chi connectivity index (χ1) is 9.19. The molecule has 0 saturated heterocycles. The Balaban J connectivity index is 2.08. The molecule has 2 heteroatoms. The minimum Gasteiger partial charge on any atom is -0.489 e. The minimum atomic E-state index is 0.598. The van der Waals surface area contributed by atoms with Crippen molar-refractivity contribution in [3.8, 4) is 5.75 Å². The van der Waals surface area contributed by atoms with E-state index in [0.717, 1.165) is 12.2 Å². The number of rotatable bonds is 5. The van der Waals surface area contributed by atoms with Gasteiger partial charge in [-0.2, -0.15) is 0 Å². The van der Waals surface area contributed by atoms with Crippen molar-refractivity contribution in [1.82, 2.24) is 0 Å². The summed E-state index contributed by atoms with van der Waals surface area (Å²) >= 11 is 0. The molecule has 0 fully saturated rings. The van der Waals surface area contributed by atoms with Gasteiger partial charge in [0.25, 0.3) is 0 Å². The van der Waals surface area contributed by atoms with Crippen LogP contribution >= 0.6 is 0 Å². The van der Waals surface area contributed by atoms with Gasteiger partial charge in [0, 0.05) is 0 Å². The summed E-state index contributed by atoms with van der Waals surface area (Å²) in [6, 6.07) is 14.7. The summed E-state index contributed by atoms with van der Waals surface area (Å²) in [5.41, 5.74) is 10.5. The fraction of sp³-hybridized carbons (Fsp3) is 0.294. The lowest BCUT2D eigenvalue weighted by atomic mass is 10.1. The highest BCUT2D eigenvalue weighted by Crippen LogP contribution is 2.21. The van der Waals surface area contributed by atoms with Crippen molar-refractivity contribution in [3.05, 3.63) is 64.7 Å². The zero-order valence-corrected chi connectivity index (χ0v) is 11.6. The zero-order chi connectivity index (χ0) is 13.7. The second kappa shape index (κ2) is 6.39. The maximum Gasteiger partial charge on any atom is 0.123 e. The smallest absolute Gasteiger partial charge is 0.123 e. The second-order valence-corrected chi connectivity index (χ2v) is 4.92. The molecule has 2 aromatic rings. The standard InChI is InChI=1S/C17H21NO/c1-13-3-6-15(7-4-13)12-19-17-8-5-14(2)11-16(17)9-10-18/h3-8,11H,9-10,12,18H2,1-2H3. The van der Waals surface area contributed by atoms with Crippen LogP contribution in [0.15, 0.2) is 42.5 Å². The van der Waals surface area contributed by atoms with Crippen LogP contribution in [0.25, 0.3) is 0 Å². The molecule has 100 valence electrons. The van der Waals surface area contributed by atoms with Crippen LogP contribution in [0.5, 0.6) is 5.75 Å². The summed E-state index contributed by atoms with van der Waals surface area (Å²) < 4.78 is 5.92. The average Bonchev–Trinajstić information content (AvgIpc) is 2.40. The van der Waals surface area contributed by atoms with Crippen LogP contribution in [0, 0.1) is 13.8 Å². The van der Waals surface area contributed by atoms with Crippen LogP contribution < -0.4 is 10.5 Å². The molecule has 0 aliphatic carbocycles. The topological polar surface area (TPSA) is 35.2 Å². The number of benzene rings is 2. The molecule has 0 aliphatic heterocycles. The van der Waals surface area contributed by atoms with Crippen LogP contribution in [0.4, 0.5) is 0 Å². The Labute approximate surface area is 115 Å². The van der Waals surface area contributed by atoms with Crippen LogP contribution in [0.3, 0.4) is 0 Å². The highest BCUT2D eigenvalue weighted by atomic mass is 16.5. The van der Waals surface area contributed by atoms with Crippen molar-refractivity contribution in [2.24, 2.45) is 5.73 Å². The first-order valence-electron chi connectivity index (χ1n) is 6.67. The van der Waals surface area contributed by atoms with E-state index in [9.17, 15) is 0 Å². The highest BCUT2D eigenvalue weighted by molar-refractivity contribution is 5.37. The van der Waals surface area contributed by atoms with Gasteiger partial charge in [-0.1, -0.05) is 47.5 Å². The molecule has 0 unspecified atom stereocenters. The van der Waals surface area contributed by atoms with Crippen LogP contribution in [-0.2, 0) is 13.0 Å². The van der Waals surface area contributed by atoms with Crippen molar-refractivity contribution in [3.63, 3.8) is 0 Å². The first-order valence-corrected chi connectivity index (χ1v) is 6.67. The van der Waals surface area contributed by atoms with Gasteiger partial charge in [0.15, 0.2) is 0 Å². The molecular weight excluding hydrogens is 234 g/mol. The number of hydrogen-bond donors (Lipinski definition) is 1. The molecule has 0 aliphatic rings. The Bertz CT molecular complexity index is 531. The Morgan fingerprint density at radius 3 is 2.32 bits per heavy atom. The lowest BCUT2D eigenvalue weighted by Gasteiger charge is -2.12. The summed E-state index contributed by atoms with van der Waals surface area (Å²) in [5, 5.41) is 0. The number of aryl methyl sites for hydroxylation is 2. The van der Waals surface area contributed by atoms with Crippen LogP contribution in [0.1, 0.15) is 22.3 Å². The molecule has 2 nitrogen and oxygen atoms in total. The molecule has 2 aromatic carbocycles. The molecule has 0 atom stereocenters. The van der Waals surface area contributed by atoms with Crippen molar-refractivity contribution >= 4 is 0 Å². The van der Waals surface area contributed by atoms with Gasteiger partial charge in [-0.3, -0.25) is 0 Å². The maximum absolute atomic E-state index is 5.92.